The minimum atomic E-state index is -0.387. The summed E-state index contributed by atoms with van der Waals surface area (Å²) in [6.45, 7) is 0.568. The molecule has 0 aliphatic carbocycles. The Balaban J connectivity index is 1.43. The second-order valence-corrected chi connectivity index (χ2v) is 5.99. The third kappa shape index (κ3) is 5.85. The van der Waals surface area contributed by atoms with Crippen molar-refractivity contribution in [2.24, 2.45) is 0 Å². The van der Waals surface area contributed by atoms with Crippen LogP contribution in [0.1, 0.15) is 5.56 Å². The number of ether oxygens (including phenoxy) is 1. The molecule has 5 heteroatoms. The van der Waals surface area contributed by atoms with Crippen molar-refractivity contribution in [3.05, 3.63) is 90.2 Å². The fraction of sp³-hybridized carbons (Fsp3) is 0.136. The number of anilines is 2. The summed E-state index contributed by atoms with van der Waals surface area (Å²) in [6, 6.07) is 23.6. The zero-order valence-electron chi connectivity index (χ0n) is 14.8. The largest absolute Gasteiger partial charge is 0.493 e. The van der Waals surface area contributed by atoms with E-state index in [1.807, 2.05) is 30.3 Å². The smallest absolute Gasteiger partial charge is 0.243 e. The van der Waals surface area contributed by atoms with E-state index < -0.39 is 0 Å². The molecule has 0 fully saturated rings. The minimum absolute atomic E-state index is 0.0176. The standard InChI is InChI=1S/C22H21FN2O2/c23-20-8-4-5-9-21(20)24-16-22(26)25-18-10-12-19(13-11-18)27-15-14-17-6-2-1-3-7-17/h1-13,24H,14-16H2,(H,25,26). The number of halogens is 1. The number of rotatable bonds is 8. The number of nitrogens with one attached hydrogen (secondary N) is 2. The van der Waals surface area contributed by atoms with Crippen LogP contribution in [0.2, 0.25) is 0 Å². The fourth-order valence-electron chi connectivity index (χ4n) is 2.55. The molecule has 0 saturated carbocycles. The van der Waals surface area contributed by atoms with Gasteiger partial charge in [0, 0.05) is 12.1 Å². The highest BCUT2D eigenvalue weighted by Crippen LogP contribution is 2.16. The van der Waals surface area contributed by atoms with Crippen LogP contribution in [0.25, 0.3) is 0 Å². The maximum absolute atomic E-state index is 13.5. The summed E-state index contributed by atoms with van der Waals surface area (Å²) in [5.41, 5.74) is 2.18. The zero-order chi connectivity index (χ0) is 18.9. The number of hydrogen-bond donors (Lipinski definition) is 2. The van der Waals surface area contributed by atoms with Crippen molar-refractivity contribution in [3.63, 3.8) is 0 Å². The first kappa shape index (κ1) is 18.5. The van der Waals surface area contributed by atoms with Crippen LogP contribution >= 0.6 is 0 Å². The molecular formula is C22H21FN2O2. The van der Waals surface area contributed by atoms with Crippen LogP contribution in [0.4, 0.5) is 15.8 Å². The van der Waals surface area contributed by atoms with Gasteiger partial charge in [-0.1, -0.05) is 42.5 Å². The Morgan fingerprint density at radius 1 is 0.889 bits per heavy atom. The number of benzene rings is 3. The van der Waals surface area contributed by atoms with Gasteiger partial charge in [-0.25, -0.2) is 4.39 Å². The Hall–Kier alpha value is -3.34. The molecule has 0 aromatic heterocycles. The van der Waals surface area contributed by atoms with Crippen LogP contribution in [0.15, 0.2) is 78.9 Å². The Morgan fingerprint density at radius 3 is 2.33 bits per heavy atom. The summed E-state index contributed by atoms with van der Waals surface area (Å²) in [5.74, 6) is 0.103. The van der Waals surface area contributed by atoms with E-state index in [4.69, 9.17) is 4.74 Å². The van der Waals surface area contributed by atoms with Gasteiger partial charge in [-0.05, 0) is 42.0 Å². The third-order valence-electron chi connectivity index (χ3n) is 3.95. The predicted octanol–water partition coefficient (Wildman–Crippen LogP) is 4.50. The topological polar surface area (TPSA) is 50.4 Å². The Bertz CT molecular complexity index is 867. The number of para-hydroxylation sites is 1. The molecule has 0 radical (unpaired) electrons. The lowest BCUT2D eigenvalue weighted by atomic mass is 10.2. The number of hydrogen-bond acceptors (Lipinski definition) is 3. The van der Waals surface area contributed by atoms with E-state index in [-0.39, 0.29) is 18.3 Å². The SMILES string of the molecule is O=C(CNc1ccccc1F)Nc1ccc(OCCc2ccccc2)cc1. The van der Waals surface area contributed by atoms with Crippen molar-refractivity contribution in [2.75, 3.05) is 23.8 Å². The summed E-state index contributed by atoms with van der Waals surface area (Å²) in [5, 5.41) is 5.54. The van der Waals surface area contributed by atoms with Crippen molar-refractivity contribution in [3.8, 4) is 5.75 Å². The first-order valence-electron chi connectivity index (χ1n) is 8.76. The lowest BCUT2D eigenvalue weighted by Crippen LogP contribution is -2.22. The lowest BCUT2D eigenvalue weighted by molar-refractivity contribution is -0.114. The van der Waals surface area contributed by atoms with Gasteiger partial charge in [0.05, 0.1) is 18.8 Å². The first-order valence-corrected chi connectivity index (χ1v) is 8.76. The van der Waals surface area contributed by atoms with Gasteiger partial charge >= 0.3 is 0 Å². The second-order valence-electron chi connectivity index (χ2n) is 5.99. The van der Waals surface area contributed by atoms with Gasteiger partial charge in [-0.3, -0.25) is 4.79 Å². The molecule has 2 N–H and O–H groups in total. The van der Waals surface area contributed by atoms with Crippen LogP contribution in [0.5, 0.6) is 5.75 Å². The molecule has 0 saturated heterocycles. The van der Waals surface area contributed by atoms with Gasteiger partial charge in [-0.15, -0.1) is 0 Å². The van der Waals surface area contributed by atoms with E-state index in [2.05, 4.69) is 22.8 Å². The fourth-order valence-corrected chi connectivity index (χ4v) is 2.55. The van der Waals surface area contributed by atoms with Crippen LogP contribution in [-0.2, 0) is 11.2 Å². The normalized spacial score (nSPS) is 10.3. The summed E-state index contributed by atoms with van der Waals surface area (Å²) in [6.07, 6.45) is 0.834. The molecule has 4 nitrogen and oxygen atoms in total. The molecule has 27 heavy (non-hydrogen) atoms. The van der Waals surface area contributed by atoms with Crippen molar-refractivity contribution < 1.29 is 13.9 Å². The highest BCUT2D eigenvalue weighted by molar-refractivity contribution is 5.93. The maximum atomic E-state index is 13.5. The van der Waals surface area contributed by atoms with Crippen molar-refractivity contribution in [2.45, 2.75) is 6.42 Å². The lowest BCUT2D eigenvalue weighted by Gasteiger charge is -2.10. The van der Waals surface area contributed by atoms with Crippen molar-refractivity contribution in [1.29, 1.82) is 0 Å². The Kier molecular flexibility index (Phi) is 6.41. The van der Waals surface area contributed by atoms with Gasteiger partial charge in [0.25, 0.3) is 0 Å². The molecule has 0 atom stereocenters. The molecule has 138 valence electrons. The zero-order valence-corrected chi connectivity index (χ0v) is 14.8. The van der Waals surface area contributed by atoms with E-state index in [0.717, 1.165) is 12.2 Å². The molecule has 0 aliphatic rings. The average Bonchev–Trinajstić information content (AvgIpc) is 2.69. The molecule has 3 aromatic rings. The highest BCUT2D eigenvalue weighted by Gasteiger charge is 2.05. The third-order valence-corrected chi connectivity index (χ3v) is 3.95. The van der Waals surface area contributed by atoms with Gasteiger partial charge in [0.2, 0.25) is 5.91 Å². The summed E-state index contributed by atoms with van der Waals surface area (Å²) < 4.78 is 19.2. The molecule has 0 aliphatic heterocycles. The average molecular weight is 364 g/mol. The first-order chi connectivity index (χ1) is 13.2. The van der Waals surface area contributed by atoms with Crippen LogP contribution < -0.4 is 15.4 Å². The summed E-state index contributed by atoms with van der Waals surface area (Å²) in [4.78, 5) is 12.0. The van der Waals surface area contributed by atoms with Gasteiger partial charge in [0.15, 0.2) is 0 Å². The van der Waals surface area contributed by atoms with Gasteiger partial charge < -0.3 is 15.4 Å². The Morgan fingerprint density at radius 2 is 1.59 bits per heavy atom. The molecule has 3 aromatic carbocycles. The molecule has 0 bridgehead atoms. The predicted molar refractivity (Wildman–Crippen MR) is 106 cm³/mol. The minimum Gasteiger partial charge on any atom is -0.493 e. The van der Waals surface area contributed by atoms with Crippen molar-refractivity contribution in [1.82, 2.24) is 0 Å². The Labute approximate surface area is 158 Å². The highest BCUT2D eigenvalue weighted by atomic mass is 19.1. The molecule has 0 spiro atoms. The number of carbonyl (C=O) groups excluding carboxylic acids is 1. The van der Waals surface area contributed by atoms with Crippen LogP contribution in [0.3, 0.4) is 0 Å². The maximum Gasteiger partial charge on any atom is 0.243 e. The van der Waals surface area contributed by atoms with E-state index in [0.29, 0.717) is 18.0 Å². The van der Waals surface area contributed by atoms with E-state index >= 15 is 0 Å². The monoisotopic (exact) mass is 364 g/mol. The summed E-state index contributed by atoms with van der Waals surface area (Å²) >= 11 is 0. The van der Waals surface area contributed by atoms with Crippen molar-refractivity contribution >= 4 is 17.3 Å². The second kappa shape index (κ2) is 9.38. The molecular weight excluding hydrogens is 343 g/mol. The van der Waals surface area contributed by atoms with Crippen LogP contribution in [-0.4, -0.2) is 19.1 Å². The van der Waals surface area contributed by atoms with E-state index in [1.54, 1.807) is 30.3 Å². The van der Waals surface area contributed by atoms with E-state index in [1.165, 1.54) is 11.6 Å². The number of carbonyl (C=O) groups is 1. The molecule has 1 amide bonds. The summed E-state index contributed by atoms with van der Waals surface area (Å²) in [7, 11) is 0. The number of amides is 1. The molecule has 3 rings (SSSR count). The molecule has 0 unspecified atom stereocenters. The van der Waals surface area contributed by atoms with Crippen LogP contribution in [0, 0.1) is 5.82 Å². The molecule has 0 heterocycles. The van der Waals surface area contributed by atoms with Gasteiger partial charge in [0.1, 0.15) is 11.6 Å². The quantitative estimate of drug-likeness (QED) is 0.619. The van der Waals surface area contributed by atoms with E-state index in [9.17, 15) is 9.18 Å². The van der Waals surface area contributed by atoms with Gasteiger partial charge in [-0.2, -0.15) is 0 Å².